The Bertz CT molecular complexity index is 1040. The van der Waals surface area contributed by atoms with Gasteiger partial charge in [0.1, 0.15) is 11.6 Å². The molecule has 0 heterocycles. The summed E-state index contributed by atoms with van der Waals surface area (Å²) >= 11 is 1.57. The van der Waals surface area contributed by atoms with E-state index in [-0.39, 0.29) is 5.57 Å². The average molecular weight is 428 g/mol. The summed E-state index contributed by atoms with van der Waals surface area (Å²) in [5, 5.41) is 15.4. The number of para-hydroxylation sites is 1. The molecule has 3 rings (SSSR count). The number of carbonyl (C=O) groups excluding carboxylic acids is 1. The van der Waals surface area contributed by atoms with Crippen molar-refractivity contribution in [2.24, 2.45) is 0 Å². The molecule has 0 aliphatic carbocycles. The van der Waals surface area contributed by atoms with Gasteiger partial charge in [-0.1, -0.05) is 72.4 Å². The third-order valence-electron chi connectivity index (χ3n) is 4.60. The maximum absolute atomic E-state index is 12.6. The first kappa shape index (κ1) is 22.2. The molecule has 1 amide bonds. The van der Waals surface area contributed by atoms with Gasteiger partial charge in [-0.15, -0.1) is 0 Å². The number of benzene rings is 3. The SMILES string of the molecule is N#C/C(=C/NCCCCc1ccccc1)C(=O)Nc1ccccc1Sc1ccccc1. The van der Waals surface area contributed by atoms with Crippen LogP contribution in [0.3, 0.4) is 0 Å². The smallest absolute Gasteiger partial charge is 0.267 e. The van der Waals surface area contributed by atoms with Crippen molar-refractivity contribution in [1.82, 2.24) is 5.32 Å². The fourth-order valence-electron chi connectivity index (χ4n) is 2.99. The predicted molar refractivity (Wildman–Crippen MR) is 127 cm³/mol. The number of nitrogens with zero attached hydrogens (tertiary/aromatic N) is 1. The number of nitrogens with one attached hydrogen (secondary N) is 2. The fraction of sp³-hybridized carbons (Fsp3) is 0.154. The second-order valence-electron chi connectivity index (χ2n) is 6.93. The number of carbonyl (C=O) groups is 1. The van der Waals surface area contributed by atoms with Crippen LogP contribution in [0.1, 0.15) is 18.4 Å². The van der Waals surface area contributed by atoms with E-state index in [1.807, 2.05) is 78.9 Å². The Hall–Kier alpha value is -3.49. The molecule has 0 saturated heterocycles. The Morgan fingerprint density at radius 3 is 2.32 bits per heavy atom. The van der Waals surface area contributed by atoms with Gasteiger partial charge in [-0.05, 0) is 49.1 Å². The van der Waals surface area contributed by atoms with E-state index < -0.39 is 5.91 Å². The normalized spacial score (nSPS) is 10.9. The predicted octanol–water partition coefficient (Wildman–Crippen LogP) is 5.80. The molecule has 0 radical (unpaired) electrons. The zero-order chi connectivity index (χ0) is 21.7. The summed E-state index contributed by atoms with van der Waals surface area (Å²) in [4.78, 5) is 14.6. The van der Waals surface area contributed by atoms with Gasteiger partial charge < -0.3 is 10.6 Å². The first-order valence-electron chi connectivity index (χ1n) is 10.3. The molecule has 31 heavy (non-hydrogen) atoms. The van der Waals surface area contributed by atoms with Crippen LogP contribution in [0.15, 0.2) is 106 Å². The summed E-state index contributed by atoms with van der Waals surface area (Å²) in [5.41, 5.74) is 2.06. The second-order valence-corrected chi connectivity index (χ2v) is 8.05. The standard InChI is InChI=1S/C26H25N3OS/c27-19-22(20-28-18-10-9-13-21-11-3-1-4-12-21)26(30)29-24-16-7-8-17-25(24)31-23-14-5-2-6-15-23/h1-8,11-12,14-17,20,28H,9-10,13,18H2,(H,29,30)/b22-20-. The minimum Gasteiger partial charge on any atom is -0.390 e. The monoisotopic (exact) mass is 427 g/mol. The molecule has 0 unspecified atom stereocenters. The molecule has 156 valence electrons. The number of anilines is 1. The zero-order valence-corrected chi connectivity index (χ0v) is 18.1. The van der Waals surface area contributed by atoms with Crippen LogP contribution in [0.25, 0.3) is 0 Å². The minimum atomic E-state index is -0.416. The van der Waals surface area contributed by atoms with Gasteiger partial charge in [0, 0.05) is 22.5 Å². The molecule has 0 aliphatic heterocycles. The van der Waals surface area contributed by atoms with Crippen LogP contribution in [0.5, 0.6) is 0 Å². The Balaban J connectivity index is 1.51. The van der Waals surface area contributed by atoms with E-state index in [2.05, 4.69) is 22.8 Å². The van der Waals surface area contributed by atoms with Crippen LogP contribution in [0.2, 0.25) is 0 Å². The molecule has 0 saturated carbocycles. The molecule has 0 bridgehead atoms. The molecule has 3 aromatic carbocycles. The lowest BCUT2D eigenvalue weighted by molar-refractivity contribution is -0.112. The number of rotatable bonds is 10. The van der Waals surface area contributed by atoms with Crippen molar-refractivity contribution in [3.8, 4) is 6.07 Å². The van der Waals surface area contributed by atoms with Gasteiger partial charge in [0.05, 0.1) is 5.69 Å². The van der Waals surface area contributed by atoms with Crippen molar-refractivity contribution in [3.05, 3.63) is 102 Å². The minimum absolute atomic E-state index is 0.0579. The molecule has 0 aromatic heterocycles. The number of amides is 1. The highest BCUT2D eigenvalue weighted by atomic mass is 32.2. The van der Waals surface area contributed by atoms with Crippen molar-refractivity contribution in [1.29, 1.82) is 5.26 Å². The highest BCUT2D eigenvalue weighted by molar-refractivity contribution is 7.99. The van der Waals surface area contributed by atoms with Crippen LogP contribution in [-0.4, -0.2) is 12.5 Å². The first-order valence-corrected chi connectivity index (χ1v) is 11.1. The van der Waals surface area contributed by atoms with Crippen molar-refractivity contribution in [2.75, 3.05) is 11.9 Å². The number of unbranched alkanes of at least 4 members (excludes halogenated alkanes) is 1. The zero-order valence-electron chi connectivity index (χ0n) is 17.3. The van der Waals surface area contributed by atoms with Crippen LogP contribution < -0.4 is 10.6 Å². The summed E-state index contributed by atoms with van der Waals surface area (Å²) in [6.07, 6.45) is 4.53. The lowest BCUT2D eigenvalue weighted by atomic mass is 10.1. The average Bonchev–Trinajstić information content (AvgIpc) is 2.81. The quantitative estimate of drug-likeness (QED) is 0.244. The molecule has 3 aromatic rings. The molecule has 0 spiro atoms. The number of hydrogen-bond acceptors (Lipinski definition) is 4. The molecule has 2 N–H and O–H groups in total. The summed E-state index contributed by atoms with van der Waals surface area (Å²) in [5.74, 6) is -0.416. The highest BCUT2D eigenvalue weighted by Gasteiger charge is 2.12. The summed E-state index contributed by atoms with van der Waals surface area (Å²) < 4.78 is 0. The van der Waals surface area contributed by atoms with E-state index in [1.165, 1.54) is 11.8 Å². The third-order valence-corrected chi connectivity index (χ3v) is 5.68. The second kappa shape index (κ2) is 12.3. The van der Waals surface area contributed by atoms with Gasteiger partial charge >= 0.3 is 0 Å². The lowest BCUT2D eigenvalue weighted by Crippen LogP contribution is -2.17. The molecule has 0 atom stereocenters. The summed E-state index contributed by atoms with van der Waals surface area (Å²) in [6, 6.07) is 29.9. The van der Waals surface area contributed by atoms with E-state index in [1.54, 1.807) is 11.8 Å². The van der Waals surface area contributed by atoms with Crippen LogP contribution in [0, 0.1) is 11.3 Å². The Morgan fingerprint density at radius 1 is 0.903 bits per heavy atom. The van der Waals surface area contributed by atoms with E-state index in [0.29, 0.717) is 12.2 Å². The van der Waals surface area contributed by atoms with Crippen molar-refractivity contribution < 1.29 is 4.79 Å². The van der Waals surface area contributed by atoms with Crippen LogP contribution >= 0.6 is 11.8 Å². The van der Waals surface area contributed by atoms with Crippen molar-refractivity contribution in [3.63, 3.8) is 0 Å². The van der Waals surface area contributed by atoms with E-state index in [4.69, 9.17) is 0 Å². The van der Waals surface area contributed by atoms with Crippen LogP contribution in [0.4, 0.5) is 5.69 Å². The Morgan fingerprint density at radius 2 is 1.58 bits per heavy atom. The third kappa shape index (κ3) is 7.36. The topological polar surface area (TPSA) is 64.9 Å². The van der Waals surface area contributed by atoms with Gasteiger partial charge in [0.25, 0.3) is 5.91 Å². The maximum atomic E-state index is 12.6. The van der Waals surface area contributed by atoms with Crippen molar-refractivity contribution >= 4 is 23.4 Å². The number of nitriles is 1. The number of hydrogen-bond donors (Lipinski definition) is 2. The van der Waals surface area contributed by atoms with Gasteiger partial charge in [-0.2, -0.15) is 5.26 Å². The summed E-state index contributed by atoms with van der Waals surface area (Å²) in [7, 11) is 0. The maximum Gasteiger partial charge on any atom is 0.267 e. The van der Waals surface area contributed by atoms with Crippen LogP contribution in [-0.2, 0) is 11.2 Å². The molecular formula is C26H25N3OS. The molecule has 0 fully saturated rings. The van der Waals surface area contributed by atoms with Gasteiger partial charge in [0.15, 0.2) is 0 Å². The first-order chi connectivity index (χ1) is 15.3. The molecular weight excluding hydrogens is 402 g/mol. The lowest BCUT2D eigenvalue weighted by Gasteiger charge is -2.10. The highest BCUT2D eigenvalue weighted by Crippen LogP contribution is 2.33. The van der Waals surface area contributed by atoms with Gasteiger partial charge in [0.2, 0.25) is 0 Å². The van der Waals surface area contributed by atoms with E-state index in [0.717, 1.165) is 29.1 Å². The van der Waals surface area contributed by atoms with Crippen molar-refractivity contribution in [2.45, 2.75) is 29.1 Å². The molecule has 4 nitrogen and oxygen atoms in total. The summed E-state index contributed by atoms with van der Waals surface area (Å²) in [6.45, 7) is 0.714. The van der Waals surface area contributed by atoms with Gasteiger partial charge in [-0.25, -0.2) is 0 Å². The fourth-order valence-corrected chi connectivity index (χ4v) is 3.91. The molecule has 0 aliphatic rings. The Labute approximate surface area is 188 Å². The van der Waals surface area contributed by atoms with E-state index in [9.17, 15) is 10.1 Å². The Kier molecular flexibility index (Phi) is 8.78. The molecule has 5 heteroatoms. The number of aryl methyl sites for hydroxylation is 1. The van der Waals surface area contributed by atoms with Gasteiger partial charge in [-0.3, -0.25) is 4.79 Å². The van der Waals surface area contributed by atoms with E-state index >= 15 is 0 Å². The largest absolute Gasteiger partial charge is 0.390 e.